The molecule has 2 aliphatic carbocycles. The molecule has 0 radical (unpaired) electrons. The lowest BCUT2D eigenvalue weighted by molar-refractivity contribution is -0.137. The average Bonchev–Trinajstić information content (AvgIpc) is 3.42. The summed E-state index contributed by atoms with van der Waals surface area (Å²) < 4.78 is 27.0. The molecule has 0 bridgehead atoms. The largest absolute Gasteiger partial charge is 0.481 e. The molecule has 1 saturated carbocycles. The van der Waals surface area contributed by atoms with Crippen molar-refractivity contribution >= 4 is 27.3 Å². The van der Waals surface area contributed by atoms with Crippen LogP contribution in [0.1, 0.15) is 88.2 Å². The Hall–Kier alpha value is -2.74. The normalized spacial score (nSPS) is 22.7. The molecule has 0 amide bonds. The first-order valence-electron chi connectivity index (χ1n) is 14.3. The number of carboxylic acid groups (broad SMARTS) is 1. The second-order valence-electron chi connectivity index (χ2n) is 11.1. The molecule has 0 saturated heterocycles. The summed E-state index contributed by atoms with van der Waals surface area (Å²) in [4.78, 5) is 10.7. The van der Waals surface area contributed by atoms with E-state index in [1.807, 2.05) is 24.3 Å². The molecule has 4 N–H and O–H groups in total. The van der Waals surface area contributed by atoms with Gasteiger partial charge in [-0.3, -0.25) is 4.79 Å². The van der Waals surface area contributed by atoms with Crippen molar-refractivity contribution in [1.82, 2.24) is 4.72 Å². The highest BCUT2D eigenvalue weighted by molar-refractivity contribution is 7.87. The molecule has 210 valence electrons. The second kappa shape index (κ2) is 13.1. The van der Waals surface area contributed by atoms with E-state index in [-0.39, 0.29) is 23.8 Å². The fraction of sp³-hybridized carbons (Fsp3) is 0.469. The molecule has 3 unspecified atom stereocenters. The molecule has 2 aliphatic rings. The lowest BCUT2D eigenvalue weighted by atomic mass is 9.66. The van der Waals surface area contributed by atoms with Gasteiger partial charge < -0.3 is 5.11 Å². The Balaban J connectivity index is 1.57. The number of hydrogen-bond acceptors (Lipinski definition) is 3. The lowest BCUT2D eigenvalue weighted by Gasteiger charge is -2.37. The van der Waals surface area contributed by atoms with E-state index in [1.165, 1.54) is 16.7 Å². The van der Waals surface area contributed by atoms with Crippen molar-refractivity contribution in [1.29, 1.82) is 0 Å². The number of carbonyl (C=O) groups is 1. The van der Waals surface area contributed by atoms with E-state index in [9.17, 15) is 13.2 Å². The van der Waals surface area contributed by atoms with Gasteiger partial charge in [-0.2, -0.15) is 13.1 Å². The summed E-state index contributed by atoms with van der Waals surface area (Å²) in [6.07, 6.45) is 10.9. The van der Waals surface area contributed by atoms with Gasteiger partial charge in [0.2, 0.25) is 0 Å². The number of carboxylic acids is 1. The summed E-state index contributed by atoms with van der Waals surface area (Å²) in [5, 5.41) is 14.3. The first-order valence-corrected chi connectivity index (χ1v) is 15.8. The Labute approximate surface area is 233 Å². The van der Waals surface area contributed by atoms with Crippen LogP contribution in [-0.2, 0) is 15.0 Å². The van der Waals surface area contributed by atoms with Crippen LogP contribution >= 0.6 is 0 Å². The number of fused-ring (bicyclic) bond motifs is 1. The van der Waals surface area contributed by atoms with Gasteiger partial charge in [0.05, 0.1) is 0 Å². The van der Waals surface area contributed by atoms with Gasteiger partial charge >= 0.3 is 5.97 Å². The summed E-state index contributed by atoms with van der Waals surface area (Å²) in [5.74, 6) is -0.656. The van der Waals surface area contributed by atoms with E-state index >= 15 is 0 Å². The van der Waals surface area contributed by atoms with E-state index in [4.69, 9.17) is 10.2 Å². The van der Waals surface area contributed by atoms with Gasteiger partial charge in [-0.15, -0.1) is 0 Å². The lowest BCUT2D eigenvalue weighted by Crippen LogP contribution is -2.43. The standard InChI is InChI=1S/C32H42N2O4S/c1-24(25-15-10-7-11-16-25)32-22-21-29(34-39(33,37)38)28(32)23-27(31(32)26-17-12-8-13-18-26)19-9-5-3-2-4-6-14-20-30(35)36/h7-8,10-13,15-18,28-29,34H,1-6,9,14,19-23H2,(H,35,36)(H2,33,37,38). The van der Waals surface area contributed by atoms with Crippen LogP contribution < -0.4 is 9.86 Å². The first-order chi connectivity index (χ1) is 18.7. The molecule has 2 aromatic carbocycles. The minimum absolute atomic E-state index is 0.0583. The van der Waals surface area contributed by atoms with Crippen molar-refractivity contribution < 1.29 is 18.3 Å². The van der Waals surface area contributed by atoms with E-state index in [0.29, 0.717) is 0 Å². The van der Waals surface area contributed by atoms with E-state index < -0.39 is 16.2 Å². The zero-order valence-electron chi connectivity index (χ0n) is 22.8. The number of nitrogens with two attached hydrogens (primary N) is 1. The quantitative estimate of drug-likeness (QED) is 0.214. The SMILES string of the molecule is C=C(c1ccccc1)C12CCC(NS(N)(=O)=O)C1CC(CCCCCCCCCC(=O)O)=C2c1ccccc1. The molecule has 6 nitrogen and oxygen atoms in total. The highest BCUT2D eigenvalue weighted by Gasteiger charge is 2.57. The highest BCUT2D eigenvalue weighted by atomic mass is 32.2. The number of allylic oxidation sites excluding steroid dienone is 3. The van der Waals surface area contributed by atoms with Gasteiger partial charge in [-0.25, -0.2) is 5.14 Å². The maximum absolute atomic E-state index is 12.1. The third-order valence-corrected chi connectivity index (χ3v) is 9.27. The Bertz CT molecular complexity index is 1270. The van der Waals surface area contributed by atoms with Crippen molar-refractivity contribution in [2.75, 3.05) is 0 Å². The van der Waals surface area contributed by atoms with E-state index in [2.05, 4.69) is 47.7 Å². The van der Waals surface area contributed by atoms with Gasteiger partial charge in [0.1, 0.15) is 0 Å². The zero-order valence-corrected chi connectivity index (χ0v) is 23.6. The van der Waals surface area contributed by atoms with Crippen LogP contribution in [0.2, 0.25) is 0 Å². The van der Waals surface area contributed by atoms with Crippen LogP contribution in [0.3, 0.4) is 0 Å². The van der Waals surface area contributed by atoms with Crippen LogP contribution in [0.15, 0.2) is 72.8 Å². The number of rotatable bonds is 15. The molecule has 39 heavy (non-hydrogen) atoms. The van der Waals surface area contributed by atoms with Crippen molar-refractivity contribution in [2.45, 2.75) is 83.1 Å². The van der Waals surface area contributed by atoms with Crippen LogP contribution in [0, 0.1) is 11.3 Å². The highest BCUT2D eigenvalue weighted by Crippen LogP contribution is 2.66. The maximum atomic E-state index is 12.1. The smallest absolute Gasteiger partial charge is 0.303 e. The molecule has 0 spiro atoms. The Morgan fingerprint density at radius 1 is 0.949 bits per heavy atom. The maximum Gasteiger partial charge on any atom is 0.303 e. The van der Waals surface area contributed by atoms with Crippen LogP contribution in [0.5, 0.6) is 0 Å². The Kier molecular flexibility index (Phi) is 9.81. The van der Waals surface area contributed by atoms with Gasteiger partial charge in [-0.1, -0.05) is 105 Å². The number of benzene rings is 2. The fourth-order valence-corrected chi connectivity index (χ4v) is 7.69. The van der Waals surface area contributed by atoms with E-state index in [0.717, 1.165) is 81.8 Å². The number of aliphatic carboxylic acids is 1. The molecule has 0 heterocycles. The number of nitrogens with one attached hydrogen (secondary N) is 1. The molecule has 7 heteroatoms. The number of hydrogen-bond donors (Lipinski definition) is 3. The van der Waals surface area contributed by atoms with Gasteiger partial charge in [0.15, 0.2) is 0 Å². The molecule has 0 aliphatic heterocycles. The van der Waals surface area contributed by atoms with Crippen LogP contribution in [0.4, 0.5) is 0 Å². The van der Waals surface area contributed by atoms with Crippen LogP contribution in [-0.4, -0.2) is 25.5 Å². The average molecular weight is 551 g/mol. The van der Waals surface area contributed by atoms with Crippen molar-refractivity contribution in [2.24, 2.45) is 16.5 Å². The Morgan fingerprint density at radius 2 is 1.54 bits per heavy atom. The predicted molar refractivity (Wildman–Crippen MR) is 158 cm³/mol. The summed E-state index contributed by atoms with van der Waals surface area (Å²) in [5.41, 5.74) is 5.73. The molecule has 2 aromatic rings. The monoisotopic (exact) mass is 550 g/mol. The molecule has 4 rings (SSSR count). The van der Waals surface area contributed by atoms with Gasteiger partial charge in [0, 0.05) is 17.9 Å². The molecular weight excluding hydrogens is 508 g/mol. The predicted octanol–water partition coefficient (Wildman–Crippen LogP) is 6.71. The molecular formula is C32H42N2O4S. The first kappa shape index (κ1) is 29.2. The van der Waals surface area contributed by atoms with Crippen molar-refractivity contribution in [3.05, 3.63) is 83.9 Å². The molecule has 0 aromatic heterocycles. The summed E-state index contributed by atoms with van der Waals surface area (Å²) >= 11 is 0. The third-order valence-electron chi connectivity index (χ3n) is 8.64. The third kappa shape index (κ3) is 7.07. The number of unbranched alkanes of at least 4 members (excludes halogenated alkanes) is 6. The topological polar surface area (TPSA) is 109 Å². The molecule has 3 atom stereocenters. The fourth-order valence-electron chi connectivity index (χ4n) is 6.99. The zero-order chi connectivity index (χ0) is 27.9. The second-order valence-corrected chi connectivity index (χ2v) is 12.5. The summed E-state index contributed by atoms with van der Waals surface area (Å²) in [7, 11) is -3.83. The summed E-state index contributed by atoms with van der Waals surface area (Å²) in [6, 6.07) is 20.6. The molecule has 1 fully saturated rings. The summed E-state index contributed by atoms with van der Waals surface area (Å²) in [6.45, 7) is 4.66. The van der Waals surface area contributed by atoms with E-state index in [1.54, 1.807) is 0 Å². The van der Waals surface area contributed by atoms with Crippen molar-refractivity contribution in [3.63, 3.8) is 0 Å². The Morgan fingerprint density at radius 3 is 2.15 bits per heavy atom. The van der Waals surface area contributed by atoms with Crippen molar-refractivity contribution in [3.8, 4) is 0 Å². The van der Waals surface area contributed by atoms with Crippen LogP contribution in [0.25, 0.3) is 11.1 Å². The minimum Gasteiger partial charge on any atom is -0.481 e. The van der Waals surface area contributed by atoms with Gasteiger partial charge in [0.25, 0.3) is 10.2 Å². The minimum atomic E-state index is -3.83. The van der Waals surface area contributed by atoms with Gasteiger partial charge in [-0.05, 0) is 66.7 Å².